The molecule has 1 amide bonds. The van der Waals surface area contributed by atoms with Gasteiger partial charge in [-0.15, -0.1) is 11.3 Å². The molecule has 4 nitrogen and oxygen atoms in total. The fourth-order valence-electron chi connectivity index (χ4n) is 2.94. The summed E-state index contributed by atoms with van der Waals surface area (Å²) in [6, 6.07) is 1.97. The average molecular weight is 386 g/mol. The van der Waals surface area contributed by atoms with Gasteiger partial charge in [0.1, 0.15) is 4.83 Å². The number of nitrogens with zero attached hydrogens (tertiary/aromatic N) is 3. The SMILES string of the molecule is C=CN(C(=O)c1sc2nccc(N(C)C)c2c1C)C1=CC=C(Cl)C=CC1. The maximum atomic E-state index is 13.2. The lowest BCUT2D eigenvalue weighted by Gasteiger charge is -2.20. The fourth-order valence-corrected chi connectivity index (χ4v) is 4.20. The molecule has 1 aliphatic carbocycles. The number of aryl methyl sites for hydroxylation is 1. The van der Waals surface area contributed by atoms with E-state index >= 15 is 0 Å². The van der Waals surface area contributed by atoms with Crippen LogP contribution in [0.5, 0.6) is 0 Å². The Kier molecular flexibility index (Phi) is 5.30. The maximum absolute atomic E-state index is 13.2. The van der Waals surface area contributed by atoms with E-state index in [4.69, 9.17) is 11.6 Å². The molecule has 0 fully saturated rings. The van der Waals surface area contributed by atoms with Crippen LogP contribution in [0, 0.1) is 6.92 Å². The summed E-state index contributed by atoms with van der Waals surface area (Å²) in [6.45, 7) is 5.80. The summed E-state index contributed by atoms with van der Waals surface area (Å²) in [6.07, 6.45) is 11.3. The number of carbonyl (C=O) groups excluding carboxylic acids is 1. The average Bonchev–Trinajstić information content (AvgIpc) is 2.81. The lowest BCUT2D eigenvalue weighted by atomic mass is 10.1. The molecule has 0 radical (unpaired) electrons. The van der Waals surface area contributed by atoms with Gasteiger partial charge in [-0.05, 0) is 36.8 Å². The third-order valence-corrected chi connectivity index (χ3v) is 5.67. The fraction of sp³-hybridized carbons (Fsp3) is 0.200. The second kappa shape index (κ2) is 7.48. The topological polar surface area (TPSA) is 36.4 Å². The van der Waals surface area contributed by atoms with Crippen LogP contribution in [-0.4, -0.2) is 29.9 Å². The summed E-state index contributed by atoms with van der Waals surface area (Å²) in [5.74, 6) is -0.101. The largest absolute Gasteiger partial charge is 0.377 e. The van der Waals surface area contributed by atoms with Gasteiger partial charge in [-0.2, -0.15) is 0 Å². The highest BCUT2D eigenvalue weighted by atomic mass is 35.5. The second-order valence-corrected chi connectivity index (χ2v) is 7.57. The lowest BCUT2D eigenvalue weighted by molar-refractivity contribution is 0.0860. The molecule has 0 spiro atoms. The van der Waals surface area contributed by atoms with Crippen LogP contribution >= 0.6 is 22.9 Å². The molecule has 134 valence electrons. The van der Waals surface area contributed by atoms with E-state index in [-0.39, 0.29) is 5.91 Å². The van der Waals surface area contributed by atoms with Crippen molar-refractivity contribution < 1.29 is 4.79 Å². The Balaban J connectivity index is 2.07. The molecule has 1 aliphatic rings. The van der Waals surface area contributed by atoms with E-state index in [1.54, 1.807) is 23.4 Å². The number of aromatic nitrogens is 1. The number of thiophene rings is 1. The Morgan fingerprint density at radius 1 is 1.38 bits per heavy atom. The van der Waals surface area contributed by atoms with Gasteiger partial charge in [0.25, 0.3) is 5.91 Å². The minimum absolute atomic E-state index is 0.101. The summed E-state index contributed by atoms with van der Waals surface area (Å²) in [4.78, 5) is 22.9. The molecule has 2 aromatic rings. The Morgan fingerprint density at radius 2 is 2.15 bits per heavy atom. The van der Waals surface area contributed by atoms with Crippen LogP contribution in [0.2, 0.25) is 0 Å². The maximum Gasteiger partial charge on any atom is 0.272 e. The number of hydrogen-bond acceptors (Lipinski definition) is 4. The monoisotopic (exact) mass is 385 g/mol. The smallest absolute Gasteiger partial charge is 0.272 e. The van der Waals surface area contributed by atoms with E-state index < -0.39 is 0 Å². The number of carbonyl (C=O) groups is 1. The number of halogens is 1. The third kappa shape index (κ3) is 3.32. The van der Waals surface area contributed by atoms with Crippen molar-refractivity contribution >= 4 is 44.7 Å². The van der Waals surface area contributed by atoms with Gasteiger partial charge >= 0.3 is 0 Å². The van der Waals surface area contributed by atoms with Crippen molar-refractivity contribution in [1.82, 2.24) is 9.88 Å². The molecule has 2 aromatic heterocycles. The lowest BCUT2D eigenvalue weighted by Crippen LogP contribution is -2.24. The Bertz CT molecular complexity index is 969. The van der Waals surface area contributed by atoms with Crippen LogP contribution in [0.3, 0.4) is 0 Å². The number of allylic oxidation sites excluding steroid dienone is 5. The quantitative estimate of drug-likeness (QED) is 0.723. The van der Waals surface area contributed by atoms with Crippen LogP contribution in [0.15, 0.2) is 60.1 Å². The first-order valence-electron chi connectivity index (χ1n) is 8.18. The number of pyridine rings is 1. The number of hydrogen-bond donors (Lipinski definition) is 0. The molecular formula is C20H20ClN3OS. The first kappa shape index (κ1) is 18.4. The molecule has 0 aromatic carbocycles. The minimum atomic E-state index is -0.101. The van der Waals surface area contributed by atoms with E-state index in [2.05, 4.69) is 11.6 Å². The molecule has 0 saturated carbocycles. The van der Waals surface area contributed by atoms with Gasteiger partial charge < -0.3 is 4.90 Å². The van der Waals surface area contributed by atoms with Gasteiger partial charge in [0.05, 0.1) is 4.88 Å². The predicted octanol–water partition coefficient (Wildman–Crippen LogP) is 5.22. The van der Waals surface area contributed by atoms with Crippen molar-refractivity contribution in [3.05, 3.63) is 70.5 Å². The molecule has 0 aliphatic heterocycles. The van der Waals surface area contributed by atoms with E-state index in [1.165, 1.54) is 11.3 Å². The summed E-state index contributed by atoms with van der Waals surface area (Å²) in [7, 11) is 3.98. The highest BCUT2D eigenvalue weighted by molar-refractivity contribution is 7.20. The highest BCUT2D eigenvalue weighted by Crippen LogP contribution is 2.36. The minimum Gasteiger partial charge on any atom is -0.377 e. The predicted molar refractivity (Wildman–Crippen MR) is 111 cm³/mol. The number of amides is 1. The Hall–Kier alpha value is -2.37. The van der Waals surface area contributed by atoms with Gasteiger partial charge in [-0.1, -0.05) is 24.3 Å². The first-order chi connectivity index (χ1) is 12.4. The zero-order valence-electron chi connectivity index (χ0n) is 15.0. The second-order valence-electron chi connectivity index (χ2n) is 6.13. The third-order valence-electron chi connectivity index (χ3n) is 4.23. The summed E-state index contributed by atoms with van der Waals surface area (Å²) >= 11 is 7.46. The van der Waals surface area contributed by atoms with Crippen LogP contribution < -0.4 is 4.90 Å². The zero-order chi connectivity index (χ0) is 18.8. The van der Waals surface area contributed by atoms with Gasteiger partial charge in [-0.25, -0.2) is 4.98 Å². The molecular weight excluding hydrogens is 366 g/mol. The molecule has 0 unspecified atom stereocenters. The highest BCUT2D eigenvalue weighted by Gasteiger charge is 2.24. The van der Waals surface area contributed by atoms with Gasteiger partial charge in [0.15, 0.2) is 0 Å². The molecule has 0 bridgehead atoms. The van der Waals surface area contributed by atoms with Crippen molar-refractivity contribution in [2.75, 3.05) is 19.0 Å². The van der Waals surface area contributed by atoms with Crippen molar-refractivity contribution in [2.45, 2.75) is 13.3 Å². The normalized spacial score (nSPS) is 13.8. The summed E-state index contributed by atoms with van der Waals surface area (Å²) in [5.41, 5.74) is 2.82. The number of anilines is 1. The standard InChI is InChI=1S/C20H20ClN3OS/c1-5-24(15-8-6-7-14(21)9-10-15)20(25)18-13(2)17-16(23(3)4)11-12-22-19(17)26-18/h5-7,9-12H,1,8H2,2-4H3. The molecule has 2 heterocycles. The van der Waals surface area contributed by atoms with Crippen molar-refractivity contribution in [3.8, 4) is 0 Å². The Morgan fingerprint density at radius 3 is 2.85 bits per heavy atom. The van der Waals surface area contributed by atoms with Crippen molar-refractivity contribution in [3.63, 3.8) is 0 Å². The number of rotatable bonds is 4. The first-order valence-corrected chi connectivity index (χ1v) is 9.38. The van der Waals surface area contributed by atoms with E-state index in [0.29, 0.717) is 16.3 Å². The van der Waals surface area contributed by atoms with Gasteiger partial charge in [0.2, 0.25) is 0 Å². The Labute approximate surface area is 162 Å². The molecule has 0 N–H and O–H groups in total. The number of fused-ring (bicyclic) bond motifs is 1. The van der Waals surface area contributed by atoms with E-state index in [1.807, 2.05) is 50.2 Å². The molecule has 6 heteroatoms. The van der Waals surface area contributed by atoms with Crippen LogP contribution in [0.1, 0.15) is 21.7 Å². The van der Waals surface area contributed by atoms with Gasteiger partial charge in [0, 0.05) is 54.7 Å². The zero-order valence-corrected chi connectivity index (χ0v) is 16.6. The summed E-state index contributed by atoms with van der Waals surface area (Å²) in [5, 5.41) is 1.65. The van der Waals surface area contributed by atoms with Crippen LogP contribution in [-0.2, 0) is 0 Å². The van der Waals surface area contributed by atoms with Crippen LogP contribution in [0.25, 0.3) is 10.2 Å². The van der Waals surface area contributed by atoms with E-state index in [0.717, 1.165) is 27.2 Å². The molecule has 0 saturated heterocycles. The molecule has 26 heavy (non-hydrogen) atoms. The molecule has 0 atom stereocenters. The van der Waals surface area contributed by atoms with Gasteiger partial charge in [-0.3, -0.25) is 9.69 Å². The molecule has 3 rings (SSSR count). The van der Waals surface area contributed by atoms with Crippen molar-refractivity contribution in [1.29, 1.82) is 0 Å². The van der Waals surface area contributed by atoms with E-state index in [9.17, 15) is 4.79 Å². The van der Waals surface area contributed by atoms with Crippen LogP contribution in [0.4, 0.5) is 5.69 Å². The van der Waals surface area contributed by atoms with Crippen molar-refractivity contribution in [2.24, 2.45) is 0 Å². The summed E-state index contributed by atoms with van der Waals surface area (Å²) < 4.78 is 0.